The Balaban J connectivity index is 1.71. The van der Waals surface area contributed by atoms with Crippen molar-refractivity contribution < 1.29 is 9.53 Å². The third-order valence-corrected chi connectivity index (χ3v) is 6.30. The molecule has 3 N–H and O–H groups in total. The van der Waals surface area contributed by atoms with E-state index in [0.29, 0.717) is 12.3 Å². The molecule has 2 fully saturated rings. The minimum atomic E-state index is -0.217. The van der Waals surface area contributed by atoms with E-state index in [2.05, 4.69) is 32.2 Å². The number of nitrogens with zero attached hydrogens (tertiary/aromatic N) is 3. The number of hydrogen-bond acceptors (Lipinski definition) is 4. The predicted molar refractivity (Wildman–Crippen MR) is 121 cm³/mol. The first-order valence-electron chi connectivity index (χ1n) is 11.2. The molecular weight excluding hydrogens is 378 g/mol. The van der Waals surface area contributed by atoms with E-state index in [9.17, 15) is 4.79 Å². The van der Waals surface area contributed by atoms with Gasteiger partial charge in [0, 0.05) is 38.7 Å². The summed E-state index contributed by atoms with van der Waals surface area (Å²) in [5.41, 5.74) is 6.65. The Morgan fingerprint density at radius 1 is 1.23 bits per heavy atom. The van der Waals surface area contributed by atoms with E-state index < -0.39 is 0 Å². The lowest BCUT2D eigenvalue weighted by atomic mass is 9.95. The second kappa shape index (κ2) is 11.2. The zero-order chi connectivity index (χ0) is 21.3. The van der Waals surface area contributed by atoms with Gasteiger partial charge in [-0.3, -0.25) is 14.7 Å². The van der Waals surface area contributed by atoms with Crippen LogP contribution in [0, 0.1) is 5.92 Å². The Kier molecular flexibility index (Phi) is 8.37. The molecule has 0 aliphatic carbocycles. The van der Waals surface area contributed by atoms with Crippen molar-refractivity contribution in [3.8, 4) is 5.75 Å². The zero-order valence-corrected chi connectivity index (χ0v) is 18.5. The van der Waals surface area contributed by atoms with E-state index in [4.69, 9.17) is 10.5 Å². The number of aliphatic imine (C=N–C) groups is 1. The standard InChI is InChI=1S/C23H37N5O2/c1-25-23(28-14-8-9-18(17-28)15-22(24)29)26-16-20(27-12-6-3-7-13-27)19-10-4-5-11-21(19)30-2/h4-5,10-11,18,20H,3,6-9,12-17H2,1-2H3,(H2,24,29)(H,25,26). The molecule has 0 spiro atoms. The lowest BCUT2D eigenvalue weighted by Gasteiger charge is -2.38. The highest BCUT2D eigenvalue weighted by atomic mass is 16.5. The average molecular weight is 416 g/mol. The molecule has 0 saturated carbocycles. The molecule has 1 amide bonds. The predicted octanol–water partition coefficient (Wildman–Crippen LogP) is 2.39. The van der Waals surface area contributed by atoms with Crippen LogP contribution in [-0.4, -0.2) is 68.5 Å². The summed E-state index contributed by atoms with van der Waals surface area (Å²) in [7, 11) is 3.57. The molecular formula is C23H37N5O2. The van der Waals surface area contributed by atoms with Gasteiger partial charge in [0.15, 0.2) is 5.96 Å². The molecule has 3 rings (SSSR count). The molecule has 1 aromatic carbocycles. The van der Waals surface area contributed by atoms with Crippen LogP contribution in [-0.2, 0) is 4.79 Å². The molecule has 0 radical (unpaired) electrons. The molecule has 2 aliphatic rings. The minimum absolute atomic E-state index is 0.217. The van der Waals surface area contributed by atoms with Crippen LogP contribution >= 0.6 is 0 Å². The summed E-state index contributed by atoms with van der Waals surface area (Å²) in [6.45, 7) is 4.76. The highest BCUT2D eigenvalue weighted by Gasteiger charge is 2.27. The largest absolute Gasteiger partial charge is 0.496 e. The van der Waals surface area contributed by atoms with Gasteiger partial charge >= 0.3 is 0 Å². The molecule has 166 valence electrons. The van der Waals surface area contributed by atoms with Crippen molar-refractivity contribution in [3.63, 3.8) is 0 Å². The van der Waals surface area contributed by atoms with E-state index >= 15 is 0 Å². The number of ether oxygens (including phenoxy) is 1. The SMILES string of the molecule is CN=C(NCC(c1ccccc1OC)N1CCCCC1)N1CCCC(CC(N)=O)C1. The Morgan fingerprint density at radius 2 is 2.00 bits per heavy atom. The van der Waals surface area contributed by atoms with Gasteiger partial charge in [0.05, 0.1) is 13.2 Å². The van der Waals surface area contributed by atoms with Crippen LogP contribution in [0.2, 0.25) is 0 Å². The third-order valence-electron chi connectivity index (χ3n) is 6.30. The van der Waals surface area contributed by atoms with E-state index in [1.54, 1.807) is 7.11 Å². The second-order valence-electron chi connectivity index (χ2n) is 8.41. The lowest BCUT2D eigenvalue weighted by Crippen LogP contribution is -2.49. The fourth-order valence-electron chi connectivity index (χ4n) is 4.84. The molecule has 2 saturated heterocycles. The van der Waals surface area contributed by atoms with Crippen molar-refractivity contribution in [1.82, 2.24) is 15.1 Å². The number of primary amides is 1. The molecule has 1 aromatic rings. The van der Waals surface area contributed by atoms with E-state index in [-0.39, 0.29) is 11.9 Å². The van der Waals surface area contributed by atoms with Crippen LogP contribution in [0.1, 0.15) is 50.1 Å². The number of hydrogen-bond donors (Lipinski definition) is 2. The van der Waals surface area contributed by atoms with Crippen molar-refractivity contribution >= 4 is 11.9 Å². The minimum Gasteiger partial charge on any atom is -0.496 e. The summed E-state index contributed by atoms with van der Waals surface area (Å²) in [5.74, 6) is 1.93. The maximum absolute atomic E-state index is 11.4. The van der Waals surface area contributed by atoms with Gasteiger partial charge < -0.3 is 20.7 Å². The van der Waals surface area contributed by atoms with Crippen LogP contribution in [0.5, 0.6) is 5.75 Å². The highest BCUT2D eigenvalue weighted by Crippen LogP contribution is 2.31. The van der Waals surface area contributed by atoms with Gasteiger partial charge in [0.25, 0.3) is 0 Å². The third kappa shape index (κ3) is 5.88. The first kappa shape index (κ1) is 22.4. The second-order valence-corrected chi connectivity index (χ2v) is 8.41. The average Bonchev–Trinajstić information content (AvgIpc) is 2.77. The van der Waals surface area contributed by atoms with Crippen LogP contribution < -0.4 is 15.8 Å². The molecule has 2 aliphatic heterocycles. The zero-order valence-electron chi connectivity index (χ0n) is 18.5. The van der Waals surface area contributed by atoms with Gasteiger partial charge in [0.2, 0.25) is 5.91 Å². The Hall–Kier alpha value is -2.28. The van der Waals surface area contributed by atoms with Gasteiger partial charge in [-0.25, -0.2) is 0 Å². The summed E-state index contributed by atoms with van der Waals surface area (Å²) >= 11 is 0. The first-order chi connectivity index (χ1) is 14.6. The summed E-state index contributed by atoms with van der Waals surface area (Å²) < 4.78 is 5.68. The molecule has 2 atom stereocenters. The smallest absolute Gasteiger partial charge is 0.217 e. The number of likely N-dealkylation sites (tertiary alicyclic amines) is 2. The van der Waals surface area contributed by atoms with Crippen LogP contribution in [0.4, 0.5) is 0 Å². The molecule has 2 unspecified atom stereocenters. The lowest BCUT2D eigenvalue weighted by molar-refractivity contribution is -0.119. The van der Waals surface area contributed by atoms with E-state index in [0.717, 1.165) is 57.3 Å². The molecule has 7 heteroatoms. The number of benzene rings is 1. The number of piperidine rings is 2. The number of rotatable bonds is 7. The summed E-state index contributed by atoms with van der Waals surface area (Å²) in [6.07, 6.45) is 6.34. The molecule has 2 heterocycles. The normalized spacial score (nSPS) is 21.9. The number of nitrogens with one attached hydrogen (secondary N) is 1. The monoisotopic (exact) mass is 415 g/mol. The van der Waals surface area contributed by atoms with Crippen molar-refractivity contribution in [2.24, 2.45) is 16.6 Å². The fourth-order valence-corrected chi connectivity index (χ4v) is 4.84. The summed E-state index contributed by atoms with van der Waals surface area (Å²) in [5, 5.41) is 3.62. The number of carbonyl (C=O) groups is 1. The Morgan fingerprint density at radius 3 is 2.70 bits per heavy atom. The van der Waals surface area contributed by atoms with Gasteiger partial charge in [-0.15, -0.1) is 0 Å². The fraction of sp³-hybridized carbons (Fsp3) is 0.652. The number of methoxy groups -OCH3 is 1. The topological polar surface area (TPSA) is 83.2 Å². The van der Waals surface area contributed by atoms with E-state index in [1.165, 1.54) is 24.8 Å². The number of carbonyl (C=O) groups excluding carboxylic acids is 1. The Labute approximate surface area is 180 Å². The number of nitrogens with two attached hydrogens (primary N) is 1. The van der Waals surface area contributed by atoms with Crippen LogP contribution in [0.3, 0.4) is 0 Å². The maximum Gasteiger partial charge on any atom is 0.217 e. The van der Waals surface area contributed by atoms with E-state index in [1.807, 2.05) is 19.2 Å². The quantitative estimate of drug-likeness (QED) is 0.528. The van der Waals surface area contributed by atoms with Crippen molar-refractivity contribution in [2.45, 2.75) is 44.6 Å². The molecule has 7 nitrogen and oxygen atoms in total. The Bertz CT molecular complexity index is 717. The summed E-state index contributed by atoms with van der Waals surface area (Å²) in [4.78, 5) is 20.7. The summed E-state index contributed by atoms with van der Waals surface area (Å²) in [6, 6.07) is 8.55. The van der Waals surface area contributed by atoms with Crippen molar-refractivity contribution in [3.05, 3.63) is 29.8 Å². The number of para-hydroxylation sites is 1. The van der Waals surface area contributed by atoms with Gasteiger partial charge in [-0.1, -0.05) is 24.6 Å². The molecule has 0 aromatic heterocycles. The van der Waals surface area contributed by atoms with Crippen LogP contribution in [0.15, 0.2) is 29.3 Å². The van der Waals surface area contributed by atoms with Gasteiger partial charge in [0.1, 0.15) is 5.75 Å². The number of amides is 1. The number of guanidine groups is 1. The maximum atomic E-state index is 11.4. The van der Waals surface area contributed by atoms with Crippen molar-refractivity contribution in [2.75, 3.05) is 46.9 Å². The van der Waals surface area contributed by atoms with Gasteiger partial charge in [-0.05, 0) is 50.8 Å². The first-order valence-corrected chi connectivity index (χ1v) is 11.2. The van der Waals surface area contributed by atoms with Crippen molar-refractivity contribution in [1.29, 1.82) is 0 Å². The highest BCUT2D eigenvalue weighted by molar-refractivity contribution is 5.80. The molecule has 0 bridgehead atoms. The van der Waals surface area contributed by atoms with Crippen LogP contribution in [0.25, 0.3) is 0 Å². The van der Waals surface area contributed by atoms with Gasteiger partial charge in [-0.2, -0.15) is 0 Å². The molecule has 30 heavy (non-hydrogen) atoms.